The molecule has 0 fully saturated rings. The van der Waals surface area contributed by atoms with Crippen LogP contribution in [0.3, 0.4) is 0 Å². The molecule has 0 radical (unpaired) electrons. The van der Waals surface area contributed by atoms with Gasteiger partial charge in [-0.2, -0.15) is 0 Å². The number of hydrogen-bond donors (Lipinski definition) is 3. The first-order valence-corrected chi connectivity index (χ1v) is 12.3. The number of amides is 1. The van der Waals surface area contributed by atoms with Crippen molar-refractivity contribution in [1.29, 1.82) is 0 Å². The van der Waals surface area contributed by atoms with E-state index in [4.69, 9.17) is 0 Å². The van der Waals surface area contributed by atoms with Crippen molar-refractivity contribution in [1.82, 2.24) is 20.3 Å². The second kappa shape index (κ2) is 11.3. The van der Waals surface area contributed by atoms with Gasteiger partial charge in [-0.1, -0.05) is 48.5 Å². The van der Waals surface area contributed by atoms with Crippen LogP contribution in [0, 0.1) is 0 Å². The maximum Gasteiger partial charge on any atom is 0.252 e. The highest BCUT2D eigenvalue weighted by Gasteiger charge is 2.08. The molecule has 7 heteroatoms. The monoisotopic (exact) mass is 489 g/mol. The van der Waals surface area contributed by atoms with Crippen LogP contribution in [0.15, 0.2) is 102 Å². The molecular formula is C30H27N5O2. The number of nitrogens with zero attached hydrogens (tertiary/aromatic N) is 2. The molecule has 0 aliphatic rings. The number of anilines is 2. The van der Waals surface area contributed by atoms with E-state index in [2.05, 4.69) is 62.0 Å². The summed E-state index contributed by atoms with van der Waals surface area (Å²) in [7, 11) is 0. The number of aryl methyl sites for hydroxylation is 1. The lowest BCUT2D eigenvalue weighted by Crippen LogP contribution is -2.25. The predicted molar refractivity (Wildman–Crippen MR) is 147 cm³/mol. The number of aromatic nitrogens is 3. The van der Waals surface area contributed by atoms with E-state index >= 15 is 0 Å². The van der Waals surface area contributed by atoms with Gasteiger partial charge in [-0.15, -0.1) is 0 Å². The number of pyridine rings is 1. The Labute approximate surface area is 214 Å². The Balaban J connectivity index is 1.22. The van der Waals surface area contributed by atoms with Crippen LogP contribution in [-0.2, 0) is 6.42 Å². The molecule has 0 saturated heterocycles. The third-order valence-electron chi connectivity index (χ3n) is 6.16. The summed E-state index contributed by atoms with van der Waals surface area (Å²) in [5.41, 5.74) is 5.59. The minimum Gasteiger partial charge on any atom is -0.352 e. The molecule has 1 amide bonds. The summed E-state index contributed by atoms with van der Waals surface area (Å²) >= 11 is 0. The molecule has 0 saturated carbocycles. The van der Waals surface area contributed by atoms with Crippen LogP contribution in [0.5, 0.6) is 0 Å². The van der Waals surface area contributed by atoms with Crippen molar-refractivity contribution in [3.8, 4) is 11.1 Å². The molecule has 5 rings (SSSR count). The Hall–Kier alpha value is -4.78. The molecule has 2 heterocycles. The molecule has 0 bridgehead atoms. The van der Waals surface area contributed by atoms with Crippen molar-refractivity contribution >= 4 is 28.3 Å². The fourth-order valence-corrected chi connectivity index (χ4v) is 4.21. The van der Waals surface area contributed by atoms with E-state index in [0.29, 0.717) is 12.1 Å². The lowest BCUT2D eigenvalue weighted by molar-refractivity contribution is 0.0952. The molecule has 0 aliphatic heterocycles. The SMILES string of the molecule is O=C(NCCCCc1cccc(-c2ccc3ncnc(Nc4ccccc4)c3c2)c1)c1ccc(=O)[nH]c1. The van der Waals surface area contributed by atoms with Crippen molar-refractivity contribution in [3.05, 3.63) is 119 Å². The van der Waals surface area contributed by atoms with E-state index in [1.165, 1.54) is 23.9 Å². The summed E-state index contributed by atoms with van der Waals surface area (Å²) in [5.74, 6) is 0.595. The third kappa shape index (κ3) is 6.08. The third-order valence-corrected chi connectivity index (χ3v) is 6.16. The van der Waals surface area contributed by atoms with Gasteiger partial charge in [0.25, 0.3) is 5.91 Å². The number of rotatable bonds is 9. The van der Waals surface area contributed by atoms with Gasteiger partial charge in [-0.3, -0.25) is 9.59 Å². The molecule has 3 aromatic carbocycles. The number of carbonyl (C=O) groups excluding carboxylic acids is 1. The second-order valence-corrected chi connectivity index (χ2v) is 8.80. The van der Waals surface area contributed by atoms with Gasteiger partial charge in [0.05, 0.1) is 11.1 Å². The highest BCUT2D eigenvalue weighted by Crippen LogP contribution is 2.29. The highest BCUT2D eigenvalue weighted by molar-refractivity contribution is 5.94. The highest BCUT2D eigenvalue weighted by atomic mass is 16.1. The minimum absolute atomic E-state index is 0.181. The molecule has 0 aliphatic carbocycles. The van der Waals surface area contributed by atoms with Gasteiger partial charge in [0.2, 0.25) is 5.56 Å². The smallest absolute Gasteiger partial charge is 0.252 e. The largest absolute Gasteiger partial charge is 0.352 e. The number of para-hydroxylation sites is 1. The normalized spacial score (nSPS) is 10.8. The van der Waals surface area contributed by atoms with Gasteiger partial charge in [-0.25, -0.2) is 9.97 Å². The lowest BCUT2D eigenvalue weighted by Gasteiger charge is -2.11. The molecule has 5 aromatic rings. The van der Waals surface area contributed by atoms with Crippen molar-refractivity contribution in [3.63, 3.8) is 0 Å². The zero-order chi connectivity index (χ0) is 25.5. The average Bonchev–Trinajstić information content (AvgIpc) is 2.94. The summed E-state index contributed by atoms with van der Waals surface area (Å²) in [4.78, 5) is 34.7. The summed E-state index contributed by atoms with van der Waals surface area (Å²) < 4.78 is 0. The van der Waals surface area contributed by atoms with E-state index in [9.17, 15) is 9.59 Å². The van der Waals surface area contributed by atoms with Crippen molar-refractivity contribution < 1.29 is 4.79 Å². The predicted octanol–water partition coefficient (Wildman–Crippen LogP) is 5.48. The molecular weight excluding hydrogens is 462 g/mol. The molecule has 2 aromatic heterocycles. The van der Waals surface area contributed by atoms with Gasteiger partial charge in [-0.05, 0) is 66.3 Å². The lowest BCUT2D eigenvalue weighted by atomic mass is 9.99. The minimum atomic E-state index is -0.222. The van der Waals surface area contributed by atoms with E-state index in [0.717, 1.165) is 52.8 Å². The van der Waals surface area contributed by atoms with Crippen LogP contribution >= 0.6 is 0 Å². The summed E-state index contributed by atoms with van der Waals surface area (Å²) in [6.45, 7) is 0.583. The first-order chi connectivity index (χ1) is 18.2. The molecule has 0 spiro atoms. The summed E-state index contributed by atoms with van der Waals surface area (Å²) in [6, 6.07) is 27.7. The Morgan fingerprint density at radius 1 is 0.838 bits per heavy atom. The molecule has 184 valence electrons. The molecule has 3 N–H and O–H groups in total. The maximum atomic E-state index is 12.2. The van der Waals surface area contributed by atoms with Gasteiger partial charge in [0.15, 0.2) is 0 Å². The van der Waals surface area contributed by atoms with Crippen LogP contribution in [0.25, 0.3) is 22.0 Å². The maximum absolute atomic E-state index is 12.2. The molecule has 0 atom stereocenters. The van der Waals surface area contributed by atoms with E-state index in [-0.39, 0.29) is 11.5 Å². The summed E-state index contributed by atoms with van der Waals surface area (Å²) in [5, 5.41) is 7.27. The number of hydrogen-bond acceptors (Lipinski definition) is 5. The van der Waals surface area contributed by atoms with Crippen molar-refractivity contribution in [2.24, 2.45) is 0 Å². The fourth-order valence-electron chi connectivity index (χ4n) is 4.21. The number of benzene rings is 3. The van der Waals surface area contributed by atoms with Crippen LogP contribution in [-0.4, -0.2) is 27.4 Å². The number of carbonyl (C=O) groups is 1. The fraction of sp³-hybridized carbons (Fsp3) is 0.133. The van der Waals surface area contributed by atoms with Crippen molar-refractivity contribution in [2.45, 2.75) is 19.3 Å². The number of fused-ring (bicyclic) bond motifs is 1. The first-order valence-electron chi connectivity index (χ1n) is 12.3. The van der Waals surface area contributed by atoms with Gasteiger partial charge < -0.3 is 15.6 Å². The first kappa shape index (κ1) is 23.9. The van der Waals surface area contributed by atoms with Crippen LogP contribution < -0.4 is 16.2 Å². The van der Waals surface area contributed by atoms with Crippen LogP contribution in [0.2, 0.25) is 0 Å². The topological polar surface area (TPSA) is 99.8 Å². The van der Waals surface area contributed by atoms with Crippen LogP contribution in [0.1, 0.15) is 28.8 Å². The number of aromatic amines is 1. The Morgan fingerprint density at radius 2 is 1.70 bits per heavy atom. The molecule has 7 nitrogen and oxygen atoms in total. The van der Waals surface area contributed by atoms with Crippen LogP contribution in [0.4, 0.5) is 11.5 Å². The summed E-state index contributed by atoms with van der Waals surface area (Å²) in [6.07, 6.45) is 5.74. The Kier molecular flexibility index (Phi) is 7.31. The number of nitrogens with one attached hydrogen (secondary N) is 3. The molecule has 0 unspecified atom stereocenters. The number of unbranched alkanes of at least 4 members (excludes halogenated alkanes) is 1. The average molecular weight is 490 g/mol. The van der Waals surface area contributed by atoms with Crippen molar-refractivity contribution in [2.75, 3.05) is 11.9 Å². The Morgan fingerprint density at radius 3 is 2.54 bits per heavy atom. The molecule has 37 heavy (non-hydrogen) atoms. The zero-order valence-electron chi connectivity index (χ0n) is 20.3. The second-order valence-electron chi connectivity index (χ2n) is 8.80. The number of H-pyrrole nitrogens is 1. The Bertz CT molecular complexity index is 1560. The van der Waals surface area contributed by atoms with Gasteiger partial charge in [0, 0.05) is 29.9 Å². The van der Waals surface area contributed by atoms with E-state index in [1.54, 1.807) is 6.33 Å². The van der Waals surface area contributed by atoms with E-state index < -0.39 is 0 Å². The standard InChI is InChI=1S/C30H27N5O2/c36-28-15-13-24(19-32-28)30(37)31-16-5-4-7-21-8-6-9-22(17-21)23-12-14-27-26(18-23)29(34-20-33-27)35-25-10-2-1-3-11-25/h1-3,6,8-15,17-20H,4-5,7,16H2,(H,31,37)(H,32,36)(H,33,34,35). The van der Waals surface area contributed by atoms with E-state index in [1.807, 2.05) is 36.4 Å². The quantitative estimate of drug-likeness (QED) is 0.238. The van der Waals surface area contributed by atoms with Gasteiger partial charge in [0.1, 0.15) is 12.1 Å². The zero-order valence-corrected chi connectivity index (χ0v) is 20.3. The van der Waals surface area contributed by atoms with Gasteiger partial charge >= 0.3 is 0 Å².